The van der Waals surface area contributed by atoms with Gasteiger partial charge in [0.15, 0.2) is 0 Å². The lowest BCUT2D eigenvalue weighted by atomic mass is 9.98. The van der Waals surface area contributed by atoms with Crippen LogP contribution in [-0.2, 0) is 16.1 Å². The van der Waals surface area contributed by atoms with E-state index in [1.54, 1.807) is 36.4 Å². The van der Waals surface area contributed by atoms with E-state index in [2.05, 4.69) is 11.7 Å². The molecule has 8 nitrogen and oxygen atoms in total. The Labute approximate surface area is 174 Å². The maximum atomic E-state index is 12.4. The summed E-state index contributed by atoms with van der Waals surface area (Å²) in [5.41, 5.74) is 1.64. The Balaban J connectivity index is 1.69. The molecule has 0 saturated carbocycles. The number of piperidine rings is 1. The monoisotopic (exact) mass is 412 g/mol. The third-order valence-electron chi connectivity index (χ3n) is 5.28. The largest absolute Gasteiger partial charge is 0.465 e. The molecule has 0 unspecified atom stereocenters. The summed E-state index contributed by atoms with van der Waals surface area (Å²) in [6.45, 7) is 3.68. The first-order chi connectivity index (χ1) is 14.4. The van der Waals surface area contributed by atoms with Crippen molar-refractivity contribution in [2.45, 2.75) is 26.4 Å². The van der Waals surface area contributed by atoms with Gasteiger partial charge in [0, 0.05) is 19.2 Å². The molecule has 0 atom stereocenters. The number of hydrogen-bond donors (Lipinski definition) is 0. The van der Waals surface area contributed by atoms with Gasteiger partial charge >= 0.3 is 11.9 Å². The van der Waals surface area contributed by atoms with Crippen LogP contribution in [0.2, 0.25) is 0 Å². The fraction of sp³-hybridized carbons (Fsp3) is 0.364. The topological polar surface area (TPSA) is 99.0 Å². The number of nitro groups is 1. The number of anilines is 1. The minimum atomic E-state index is -0.644. The highest BCUT2D eigenvalue weighted by atomic mass is 16.6. The first-order valence-electron chi connectivity index (χ1n) is 9.77. The number of carbonyl (C=O) groups is 2. The summed E-state index contributed by atoms with van der Waals surface area (Å²) in [4.78, 5) is 37.0. The zero-order valence-corrected chi connectivity index (χ0v) is 17.0. The Morgan fingerprint density at radius 3 is 2.30 bits per heavy atom. The number of benzene rings is 2. The summed E-state index contributed by atoms with van der Waals surface area (Å²) in [7, 11) is 1.30. The molecule has 0 spiro atoms. The molecule has 0 bridgehead atoms. The third-order valence-corrected chi connectivity index (χ3v) is 5.28. The van der Waals surface area contributed by atoms with Gasteiger partial charge in [-0.1, -0.05) is 19.1 Å². The molecule has 3 rings (SSSR count). The minimum Gasteiger partial charge on any atom is -0.465 e. The average Bonchev–Trinajstić information content (AvgIpc) is 2.77. The molecule has 2 aromatic carbocycles. The van der Waals surface area contributed by atoms with Crippen molar-refractivity contribution < 1.29 is 24.0 Å². The summed E-state index contributed by atoms with van der Waals surface area (Å²) in [6, 6.07) is 10.9. The fourth-order valence-electron chi connectivity index (χ4n) is 3.40. The van der Waals surface area contributed by atoms with E-state index in [-0.39, 0.29) is 17.9 Å². The molecule has 1 heterocycles. The van der Waals surface area contributed by atoms with E-state index < -0.39 is 16.9 Å². The van der Waals surface area contributed by atoms with Crippen LogP contribution < -0.4 is 4.90 Å². The predicted octanol–water partition coefficient (Wildman–Crippen LogP) is 3.97. The maximum absolute atomic E-state index is 12.4. The third kappa shape index (κ3) is 4.94. The smallest absolute Gasteiger partial charge is 0.338 e. The first kappa shape index (κ1) is 21.3. The second kappa shape index (κ2) is 9.39. The predicted molar refractivity (Wildman–Crippen MR) is 111 cm³/mol. The van der Waals surface area contributed by atoms with E-state index in [4.69, 9.17) is 4.74 Å². The van der Waals surface area contributed by atoms with Crippen LogP contribution in [0.3, 0.4) is 0 Å². The Morgan fingerprint density at radius 2 is 1.70 bits per heavy atom. The summed E-state index contributed by atoms with van der Waals surface area (Å²) in [5.74, 6) is -0.487. The second-order valence-corrected chi connectivity index (χ2v) is 7.39. The van der Waals surface area contributed by atoms with Gasteiger partial charge < -0.3 is 14.4 Å². The molecule has 1 fully saturated rings. The average molecular weight is 412 g/mol. The summed E-state index contributed by atoms with van der Waals surface area (Å²) in [6.07, 6.45) is 1.96. The SMILES string of the molecule is COC(=O)c1ccc(COC(=O)c2ccc(N3CCC(C)CC3)c([N+](=O)[O-])c2)cc1. The van der Waals surface area contributed by atoms with Crippen LogP contribution in [0.15, 0.2) is 42.5 Å². The number of carbonyl (C=O) groups excluding carboxylic acids is 2. The van der Waals surface area contributed by atoms with Crippen LogP contribution in [0.25, 0.3) is 0 Å². The van der Waals surface area contributed by atoms with Crippen molar-refractivity contribution in [2.75, 3.05) is 25.1 Å². The second-order valence-electron chi connectivity index (χ2n) is 7.39. The molecule has 0 aliphatic carbocycles. The van der Waals surface area contributed by atoms with Gasteiger partial charge in [0.05, 0.1) is 23.2 Å². The van der Waals surface area contributed by atoms with Crippen molar-refractivity contribution in [1.29, 1.82) is 0 Å². The zero-order valence-electron chi connectivity index (χ0n) is 17.0. The van der Waals surface area contributed by atoms with E-state index in [1.807, 2.05) is 4.90 Å². The Morgan fingerprint density at radius 1 is 1.07 bits per heavy atom. The number of nitro benzene ring substituents is 1. The Bertz CT molecular complexity index is 933. The highest BCUT2D eigenvalue weighted by Crippen LogP contribution is 2.32. The van der Waals surface area contributed by atoms with Crippen molar-refractivity contribution in [1.82, 2.24) is 0 Å². The molecule has 0 aromatic heterocycles. The van der Waals surface area contributed by atoms with E-state index in [0.717, 1.165) is 25.9 Å². The van der Waals surface area contributed by atoms with Crippen molar-refractivity contribution in [3.8, 4) is 0 Å². The number of nitrogens with zero attached hydrogens (tertiary/aromatic N) is 2. The van der Waals surface area contributed by atoms with Gasteiger partial charge in [-0.15, -0.1) is 0 Å². The molecule has 1 aliphatic heterocycles. The van der Waals surface area contributed by atoms with Crippen LogP contribution in [-0.4, -0.2) is 37.1 Å². The lowest BCUT2D eigenvalue weighted by molar-refractivity contribution is -0.384. The van der Waals surface area contributed by atoms with Crippen LogP contribution >= 0.6 is 0 Å². The molecule has 0 amide bonds. The standard InChI is InChI=1S/C22H24N2O6/c1-15-9-11-23(12-10-15)19-8-7-18(13-20(19)24(27)28)22(26)30-14-16-3-5-17(6-4-16)21(25)29-2/h3-8,13,15H,9-12,14H2,1-2H3. The molecule has 158 valence electrons. The number of esters is 2. The number of rotatable bonds is 6. The van der Waals surface area contributed by atoms with Crippen molar-refractivity contribution >= 4 is 23.3 Å². The summed E-state index contributed by atoms with van der Waals surface area (Å²) >= 11 is 0. The van der Waals surface area contributed by atoms with Crippen LogP contribution in [0, 0.1) is 16.0 Å². The van der Waals surface area contributed by atoms with Crippen LogP contribution in [0.1, 0.15) is 46.0 Å². The van der Waals surface area contributed by atoms with Crippen molar-refractivity contribution in [3.63, 3.8) is 0 Å². The molecular weight excluding hydrogens is 388 g/mol. The quantitative estimate of drug-likeness (QED) is 0.402. The highest BCUT2D eigenvalue weighted by Gasteiger charge is 2.25. The first-order valence-corrected chi connectivity index (χ1v) is 9.77. The van der Waals surface area contributed by atoms with Crippen molar-refractivity contribution in [2.24, 2.45) is 5.92 Å². The van der Waals surface area contributed by atoms with Gasteiger partial charge in [-0.2, -0.15) is 0 Å². The van der Waals surface area contributed by atoms with E-state index in [9.17, 15) is 19.7 Å². The van der Waals surface area contributed by atoms with Crippen LogP contribution in [0.4, 0.5) is 11.4 Å². The number of hydrogen-bond acceptors (Lipinski definition) is 7. The van der Waals surface area contributed by atoms with E-state index in [0.29, 0.717) is 22.7 Å². The van der Waals surface area contributed by atoms with E-state index >= 15 is 0 Å². The van der Waals surface area contributed by atoms with Crippen LogP contribution in [0.5, 0.6) is 0 Å². The highest BCUT2D eigenvalue weighted by molar-refractivity contribution is 5.91. The summed E-state index contributed by atoms with van der Waals surface area (Å²) < 4.78 is 9.92. The van der Waals surface area contributed by atoms with Gasteiger partial charge in [0.25, 0.3) is 5.69 Å². The lowest BCUT2D eigenvalue weighted by Gasteiger charge is -2.31. The van der Waals surface area contributed by atoms with Gasteiger partial charge in [0.1, 0.15) is 12.3 Å². The molecule has 2 aromatic rings. The van der Waals surface area contributed by atoms with Gasteiger partial charge in [0.2, 0.25) is 0 Å². The summed E-state index contributed by atoms with van der Waals surface area (Å²) in [5, 5.41) is 11.6. The molecule has 30 heavy (non-hydrogen) atoms. The molecule has 1 aliphatic rings. The molecule has 8 heteroatoms. The minimum absolute atomic E-state index is 0.0140. The molecular formula is C22H24N2O6. The molecule has 0 N–H and O–H groups in total. The zero-order chi connectivity index (χ0) is 21.7. The van der Waals surface area contributed by atoms with Gasteiger partial charge in [-0.25, -0.2) is 9.59 Å². The normalized spacial score (nSPS) is 14.3. The van der Waals surface area contributed by atoms with Gasteiger partial charge in [-0.3, -0.25) is 10.1 Å². The Kier molecular flexibility index (Phi) is 6.66. The van der Waals surface area contributed by atoms with Gasteiger partial charge in [-0.05, 0) is 48.6 Å². The maximum Gasteiger partial charge on any atom is 0.338 e. The number of ether oxygens (including phenoxy) is 2. The van der Waals surface area contributed by atoms with E-state index in [1.165, 1.54) is 13.2 Å². The molecule has 0 radical (unpaired) electrons. The number of methoxy groups -OCH3 is 1. The molecule has 1 saturated heterocycles. The Hall–Kier alpha value is -3.42. The lowest BCUT2D eigenvalue weighted by Crippen LogP contribution is -2.33. The fourth-order valence-corrected chi connectivity index (χ4v) is 3.40. The van der Waals surface area contributed by atoms with Crippen molar-refractivity contribution in [3.05, 3.63) is 69.3 Å².